The number of H-pyrrole nitrogens is 1. The number of aromatic amines is 1. The number of piperazine rings is 1. The van der Waals surface area contributed by atoms with Gasteiger partial charge in [0, 0.05) is 74.1 Å². The minimum Gasteiger partial charge on any atom is -0.353 e. The summed E-state index contributed by atoms with van der Waals surface area (Å²) in [4.78, 5) is 38.2. The summed E-state index contributed by atoms with van der Waals surface area (Å²) in [6.45, 7) is 4.41. The van der Waals surface area contributed by atoms with E-state index >= 15 is 0 Å². The van der Waals surface area contributed by atoms with E-state index in [2.05, 4.69) is 35.8 Å². The molecule has 0 saturated carbocycles. The number of nitrogens with one attached hydrogen (secondary N) is 1. The highest BCUT2D eigenvalue weighted by molar-refractivity contribution is 6.01. The maximum absolute atomic E-state index is 12.1. The summed E-state index contributed by atoms with van der Waals surface area (Å²) < 4.78 is 0. The number of hydrogen-bond acceptors (Lipinski definition) is 7. The first-order valence-electron chi connectivity index (χ1n) is 11.6. The number of hydrogen-bond donors (Lipinski definition) is 1. The van der Waals surface area contributed by atoms with Crippen molar-refractivity contribution in [3.05, 3.63) is 78.3 Å². The van der Waals surface area contributed by atoms with Gasteiger partial charge in [-0.15, -0.1) is 0 Å². The number of Topliss-reactive ketones (excluding diaryl/α,β-unsaturated/α-hetero) is 1. The molecule has 8 nitrogen and oxygen atoms in total. The molecular formula is C26H25N7O. The Morgan fingerprint density at radius 1 is 0.882 bits per heavy atom. The number of anilines is 1. The quantitative estimate of drug-likeness (QED) is 0.497. The molecule has 170 valence electrons. The molecule has 0 amide bonds. The number of imidazole rings is 1. The van der Waals surface area contributed by atoms with Gasteiger partial charge in [0.05, 0.1) is 24.1 Å². The lowest BCUT2D eigenvalue weighted by Crippen LogP contribution is -2.46. The first-order chi connectivity index (χ1) is 16.7. The number of carbonyl (C=O) groups excluding carboxylic acids is 1. The molecule has 1 aromatic carbocycles. The molecule has 1 aliphatic heterocycles. The van der Waals surface area contributed by atoms with E-state index in [1.54, 1.807) is 24.8 Å². The van der Waals surface area contributed by atoms with Crippen LogP contribution in [0.2, 0.25) is 0 Å². The third-order valence-corrected chi connectivity index (χ3v) is 6.64. The van der Waals surface area contributed by atoms with Crippen LogP contribution >= 0.6 is 0 Å². The molecule has 0 atom stereocenters. The van der Waals surface area contributed by atoms with Crippen molar-refractivity contribution in [2.24, 2.45) is 0 Å². The SMILES string of the molecule is O=C1CCc2cc(-c3nc(CN4CCN(c5cnccn5)CC4)[nH]c3-c3ccncc3)ccc21. The summed E-state index contributed by atoms with van der Waals surface area (Å²) >= 11 is 0. The Labute approximate surface area is 197 Å². The third-order valence-electron chi connectivity index (χ3n) is 6.64. The zero-order chi connectivity index (χ0) is 22.9. The Kier molecular flexibility index (Phi) is 5.35. The van der Waals surface area contributed by atoms with Crippen LogP contribution in [0.15, 0.2) is 61.3 Å². The second kappa shape index (κ2) is 8.79. The van der Waals surface area contributed by atoms with Crippen molar-refractivity contribution in [2.45, 2.75) is 19.4 Å². The average Bonchev–Trinajstić information content (AvgIpc) is 3.49. The molecule has 0 radical (unpaired) electrons. The number of aryl methyl sites for hydroxylation is 1. The molecular weight excluding hydrogens is 426 g/mol. The number of ketones is 1. The molecule has 34 heavy (non-hydrogen) atoms. The summed E-state index contributed by atoms with van der Waals surface area (Å²) in [6.07, 6.45) is 10.3. The van der Waals surface area contributed by atoms with Gasteiger partial charge in [-0.25, -0.2) is 9.97 Å². The van der Waals surface area contributed by atoms with Crippen LogP contribution in [-0.2, 0) is 13.0 Å². The lowest BCUT2D eigenvalue weighted by Gasteiger charge is -2.34. The van der Waals surface area contributed by atoms with Gasteiger partial charge in [0.15, 0.2) is 5.78 Å². The number of benzene rings is 1. The number of aromatic nitrogens is 5. The predicted octanol–water partition coefficient (Wildman–Crippen LogP) is 3.38. The van der Waals surface area contributed by atoms with Gasteiger partial charge in [0.2, 0.25) is 0 Å². The molecule has 2 aliphatic rings. The molecule has 3 aromatic heterocycles. The van der Waals surface area contributed by atoms with Gasteiger partial charge in [0.25, 0.3) is 0 Å². The number of pyridine rings is 1. The zero-order valence-corrected chi connectivity index (χ0v) is 18.8. The van der Waals surface area contributed by atoms with E-state index in [0.717, 1.165) is 84.4 Å². The Bertz CT molecular complexity index is 1310. The molecule has 0 spiro atoms. The summed E-state index contributed by atoms with van der Waals surface area (Å²) in [5, 5.41) is 0. The zero-order valence-electron chi connectivity index (χ0n) is 18.8. The first-order valence-corrected chi connectivity index (χ1v) is 11.6. The van der Waals surface area contributed by atoms with Crippen LogP contribution in [0.4, 0.5) is 5.82 Å². The maximum atomic E-state index is 12.1. The summed E-state index contributed by atoms with van der Waals surface area (Å²) in [5.41, 5.74) is 5.96. The molecule has 0 bridgehead atoms. The van der Waals surface area contributed by atoms with Crippen molar-refractivity contribution in [1.29, 1.82) is 0 Å². The minimum absolute atomic E-state index is 0.235. The minimum atomic E-state index is 0.235. The number of carbonyl (C=O) groups is 1. The molecule has 1 saturated heterocycles. The molecule has 6 rings (SSSR count). The summed E-state index contributed by atoms with van der Waals surface area (Å²) in [5.74, 6) is 2.10. The van der Waals surface area contributed by atoms with Crippen LogP contribution in [-0.4, -0.2) is 61.8 Å². The lowest BCUT2D eigenvalue weighted by atomic mass is 10.0. The first kappa shape index (κ1) is 20.7. The highest BCUT2D eigenvalue weighted by atomic mass is 16.1. The monoisotopic (exact) mass is 451 g/mol. The number of rotatable bonds is 5. The van der Waals surface area contributed by atoms with Crippen LogP contribution < -0.4 is 4.90 Å². The third kappa shape index (κ3) is 3.97. The van der Waals surface area contributed by atoms with Crippen LogP contribution in [0.25, 0.3) is 22.5 Å². The van der Waals surface area contributed by atoms with E-state index in [9.17, 15) is 4.79 Å². The fourth-order valence-electron chi connectivity index (χ4n) is 4.84. The molecule has 8 heteroatoms. The highest BCUT2D eigenvalue weighted by Crippen LogP contribution is 2.33. The van der Waals surface area contributed by atoms with Crippen molar-refractivity contribution < 1.29 is 4.79 Å². The van der Waals surface area contributed by atoms with Crippen molar-refractivity contribution in [3.63, 3.8) is 0 Å². The standard InChI is InChI=1S/C26H25N7O/c34-22-4-2-19-15-20(1-3-21(19)22)26-25(18-5-7-27-8-6-18)30-23(31-26)17-32-11-13-33(14-12-32)24-16-28-9-10-29-24/h1,3,5-10,15-16H,2,4,11-14,17H2,(H,30,31). The second-order valence-electron chi connectivity index (χ2n) is 8.76. The fraction of sp³-hybridized carbons (Fsp3) is 0.269. The van der Waals surface area contributed by atoms with Crippen molar-refractivity contribution in [2.75, 3.05) is 31.1 Å². The van der Waals surface area contributed by atoms with Crippen molar-refractivity contribution in [1.82, 2.24) is 29.8 Å². The molecule has 1 fully saturated rings. The van der Waals surface area contributed by atoms with E-state index in [-0.39, 0.29) is 5.78 Å². The van der Waals surface area contributed by atoms with Gasteiger partial charge >= 0.3 is 0 Å². The Hall–Kier alpha value is -3.91. The van der Waals surface area contributed by atoms with E-state index < -0.39 is 0 Å². The summed E-state index contributed by atoms with van der Waals surface area (Å²) in [6, 6.07) is 10.1. The molecule has 4 aromatic rings. The van der Waals surface area contributed by atoms with Gasteiger partial charge in [-0.2, -0.15) is 0 Å². The normalized spacial score (nSPS) is 16.1. The number of fused-ring (bicyclic) bond motifs is 1. The van der Waals surface area contributed by atoms with Crippen LogP contribution in [0.5, 0.6) is 0 Å². The van der Waals surface area contributed by atoms with Gasteiger partial charge in [-0.3, -0.25) is 19.7 Å². The van der Waals surface area contributed by atoms with E-state index in [1.807, 2.05) is 30.5 Å². The fourth-order valence-corrected chi connectivity index (χ4v) is 4.84. The average molecular weight is 452 g/mol. The maximum Gasteiger partial charge on any atom is 0.163 e. The lowest BCUT2D eigenvalue weighted by molar-refractivity contribution is 0.0994. The topological polar surface area (TPSA) is 90.9 Å². The van der Waals surface area contributed by atoms with Gasteiger partial charge in [-0.05, 0) is 30.2 Å². The van der Waals surface area contributed by atoms with Gasteiger partial charge < -0.3 is 9.88 Å². The van der Waals surface area contributed by atoms with E-state index in [4.69, 9.17) is 4.98 Å². The van der Waals surface area contributed by atoms with Gasteiger partial charge in [0.1, 0.15) is 11.6 Å². The molecule has 1 aliphatic carbocycles. The highest BCUT2D eigenvalue weighted by Gasteiger charge is 2.23. The largest absolute Gasteiger partial charge is 0.353 e. The Balaban J connectivity index is 1.26. The van der Waals surface area contributed by atoms with E-state index in [0.29, 0.717) is 6.42 Å². The van der Waals surface area contributed by atoms with Crippen LogP contribution in [0.3, 0.4) is 0 Å². The van der Waals surface area contributed by atoms with Crippen molar-refractivity contribution >= 4 is 11.6 Å². The van der Waals surface area contributed by atoms with Crippen molar-refractivity contribution in [3.8, 4) is 22.5 Å². The Morgan fingerprint density at radius 3 is 2.53 bits per heavy atom. The second-order valence-corrected chi connectivity index (χ2v) is 8.76. The molecule has 1 N–H and O–H groups in total. The van der Waals surface area contributed by atoms with E-state index in [1.165, 1.54) is 0 Å². The predicted molar refractivity (Wildman–Crippen MR) is 129 cm³/mol. The summed E-state index contributed by atoms with van der Waals surface area (Å²) in [7, 11) is 0. The van der Waals surface area contributed by atoms with Crippen LogP contribution in [0, 0.1) is 0 Å². The smallest absolute Gasteiger partial charge is 0.163 e. The molecule has 4 heterocycles. The number of nitrogens with zero attached hydrogens (tertiary/aromatic N) is 6. The van der Waals surface area contributed by atoms with Gasteiger partial charge in [-0.1, -0.05) is 12.1 Å². The Morgan fingerprint density at radius 2 is 1.74 bits per heavy atom. The molecule has 0 unspecified atom stereocenters. The van der Waals surface area contributed by atoms with Crippen LogP contribution in [0.1, 0.15) is 28.2 Å².